The Kier molecular flexibility index (Phi) is 9.09. The van der Waals surface area contributed by atoms with Crippen molar-refractivity contribution >= 4 is 16.0 Å². The van der Waals surface area contributed by atoms with Crippen LogP contribution in [0.5, 0.6) is 5.75 Å². The second-order valence-corrected chi connectivity index (χ2v) is 12.7. The predicted molar refractivity (Wildman–Crippen MR) is 162 cm³/mol. The van der Waals surface area contributed by atoms with Crippen LogP contribution < -0.4 is 4.74 Å². The highest BCUT2D eigenvalue weighted by atomic mass is 32.2. The van der Waals surface area contributed by atoms with Crippen LogP contribution in [0.2, 0.25) is 0 Å². The minimum Gasteiger partial charge on any atom is -0.493 e. The summed E-state index contributed by atoms with van der Waals surface area (Å²) in [6, 6.07) is 21.9. The molecule has 220 valence electrons. The Morgan fingerprint density at radius 1 is 0.976 bits per heavy atom. The fourth-order valence-corrected chi connectivity index (χ4v) is 6.83. The maximum Gasteiger partial charge on any atom is 0.303 e. The van der Waals surface area contributed by atoms with Gasteiger partial charge in [-0.05, 0) is 60.2 Å². The molecule has 0 aliphatic carbocycles. The van der Waals surface area contributed by atoms with Gasteiger partial charge in [-0.2, -0.15) is 4.31 Å². The third-order valence-electron chi connectivity index (χ3n) is 7.62. The summed E-state index contributed by atoms with van der Waals surface area (Å²) in [6.45, 7) is 4.65. The molecule has 1 aliphatic heterocycles. The summed E-state index contributed by atoms with van der Waals surface area (Å²) in [5.41, 5.74) is 6.41. The number of carbonyl (C=O) groups is 1. The Morgan fingerprint density at radius 2 is 1.71 bits per heavy atom. The van der Waals surface area contributed by atoms with E-state index in [4.69, 9.17) is 14.1 Å². The minimum atomic E-state index is -3.43. The van der Waals surface area contributed by atoms with Crippen LogP contribution >= 0.6 is 0 Å². The number of carboxylic acid groups (broad SMARTS) is 1. The number of sulfonamides is 1. The Balaban J connectivity index is 1.31. The van der Waals surface area contributed by atoms with E-state index in [0.29, 0.717) is 37.5 Å². The van der Waals surface area contributed by atoms with Crippen molar-refractivity contribution in [2.24, 2.45) is 0 Å². The number of fused-ring (bicyclic) bond motifs is 1. The van der Waals surface area contributed by atoms with Gasteiger partial charge in [-0.25, -0.2) is 13.4 Å². The Hall–Kier alpha value is -3.95. The van der Waals surface area contributed by atoms with Gasteiger partial charge < -0.3 is 14.3 Å². The number of hydrogen-bond donors (Lipinski definition) is 1. The van der Waals surface area contributed by atoms with Crippen LogP contribution in [-0.2, 0) is 40.7 Å². The number of aliphatic carboxylic acids is 1. The van der Waals surface area contributed by atoms with Crippen LogP contribution in [0.1, 0.15) is 54.3 Å². The number of aromatic nitrogens is 1. The van der Waals surface area contributed by atoms with E-state index in [1.807, 2.05) is 56.3 Å². The van der Waals surface area contributed by atoms with Gasteiger partial charge in [0, 0.05) is 37.1 Å². The second kappa shape index (κ2) is 12.9. The summed E-state index contributed by atoms with van der Waals surface area (Å²) in [5.74, 6) is 1.11. The zero-order valence-corrected chi connectivity index (χ0v) is 24.8. The Labute approximate surface area is 247 Å². The number of rotatable bonds is 13. The first-order valence-corrected chi connectivity index (χ1v) is 15.9. The molecule has 1 aromatic heterocycles. The van der Waals surface area contributed by atoms with Crippen molar-refractivity contribution < 1.29 is 27.5 Å². The lowest BCUT2D eigenvalue weighted by Gasteiger charge is -2.15. The molecule has 1 aliphatic rings. The molecule has 0 atom stereocenters. The lowest BCUT2D eigenvalue weighted by Crippen LogP contribution is -2.28. The summed E-state index contributed by atoms with van der Waals surface area (Å²) >= 11 is 0. The van der Waals surface area contributed by atoms with Crippen LogP contribution in [0.3, 0.4) is 0 Å². The first kappa shape index (κ1) is 29.5. The third-order valence-corrected chi connectivity index (χ3v) is 9.47. The average molecular weight is 589 g/mol. The summed E-state index contributed by atoms with van der Waals surface area (Å²) < 4.78 is 39.7. The van der Waals surface area contributed by atoms with Crippen molar-refractivity contribution in [3.05, 3.63) is 94.9 Å². The number of carboxylic acids is 1. The molecule has 0 amide bonds. The molecule has 1 N–H and O–H groups in total. The van der Waals surface area contributed by atoms with Crippen LogP contribution in [0, 0.1) is 6.92 Å². The zero-order chi connectivity index (χ0) is 29.7. The number of benzene rings is 3. The van der Waals surface area contributed by atoms with Crippen molar-refractivity contribution in [1.29, 1.82) is 0 Å². The molecule has 0 spiro atoms. The van der Waals surface area contributed by atoms with Gasteiger partial charge in [0.15, 0.2) is 0 Å². The van der Waals surface area contributed by atoms with E-state index in [1.165, 1.54) is 4.31 Å². The van der Waals surface area contributed by atoms with Gasteiger partial charge in [-0.3, -0.25) is 4.79 Å². The standard InChI is InChI=1S/C33H36N2O6S/c1-3-4-19-42(38,39)35-21-28-25(14-16-32(36)37)13-15-31(29(28)22-35)40-18-17-30-23(2)41-33(34-30)27-12-8-11-26(20-27)24-9-6-5-7-10-24/h5-13,15,20H,3-4,14,16-19,21-22H2,1-2H3,(H,36,37). The SMILES string of the molecule is CCCCS(=O)(=O)N1Cc2c(CCC(=O)O)ccc(OCCc3nc(-c4cccc(-c5ccccc5)c4)oc3C)c2C1. The molecule has 4 aromatic rings. The molecule has 0 unspecified atom stereocenters. The lowest BCUT2D eigenvalue weighted by molar-refractivity contribution is -0.136. The number of aryl methyl sites for hydroxylation is 2. The van der Waals surface area contributed by atoms with Crippen molar-refractivity contribution in [2.45, 2.75) is 59.0 Å². The lowest BCUT2D eigenvalue weighted by atomic mass is 9.99. The first-order valence-electron chi connectivity index (χ1n) is 14.3. The van der Waals surface area contributed by atoms with E-state index in [2.05, 4.69) is 24.3 Å². The molecule has 0 fully saturated rings. The van der Waals surface area contributed by atoms with Crippen molar-refractivity contribution in [3.63, 3.8) is 0 Å². The molecule has 9 heteroatoms. The number of ether oxygens (including phenoxy) is 1. The fourth-order valence-electron chi connectivity index (χ4n) is 5.27. The van der Waals surface area contributed by atoms with Gasteiger partial charge in [0.05, 0.1) is 18.1 Å². The number of unbranched alkanes of at least 4 members (excludes halogenated alkanes) is 1. The van der Waals surface area contributed by atoms with E-state index in [1.54, 1.807) is 0 Å². The smallest absolute Gasteiger partial charge is 0.303 e. The normalized spacial score (nSPS) is 13.3. The molecule has 0 bridgehead atoms. The Bertz CT molecular complexity index is 1660. The van der Waals surface area contributed by atoms with E-state index in [-0.39, 0.29) is 25.3 Å². The maximum absolute atomic E-state index is 13.0. The summed E-state index contributed by atoms with van der Waals surface area (Å²) in [6.07, 6.45) is 2.23. The zero-order valence-electron chi connectivity index (χ0n) is 24.0. The minimum absolute atomic E-state index is 0.0166. The van der Waals surface area contributed by atoms with Crippen LogP contribution in [-0.4, -0.2) is 41.1 Å². The van der Waals surface area contributed by atoms with Crippen molar-refractivity contribution in [2.75, 3.05) is 12.4 Å². The average Bonchev–Trinajstić information content (AvgIpc) is 3.61. The van der Waals surface area contributed by atoms with E-state index in [0.717, 1.165) is 51.3 Å². The molecule has 42 heavy (non-hydrogen) atoms. The second-order valence-electron chi connectivity index (χ2n) is 10.6. The van der Waals surface area contributed by atoms with Gasteiger partial charge in [0.25, 0.3) is 0 Å². The highest BCUT2D eigenvalue weighted by molar-refractivity contribution is 7.89. The highest BCUT2D eigenvalue weighted by Gasteiger charge is 2.32. The maximum atomic E-state index is 13.0. The van der Waals surface area contributed by atoms with Crippen molar-refractivity contribution in [1.82, 2.24) is 9.29 Å². The molecule has 2 heterocycles. The third kappa shape index (κ3) is 6.74. The molecule has 5 rings (SSSR count). The summed E-state index contributed by atoms with van der Waals surface area (Å²) in [7, 11) is -3.43. The summed E-state index contributed by atoms with van der Waals surface area (Å²) in [5, 5.41) is 9.20. The molecule has 0 saturated carbocycles. The van der Waals surface area contributed by atoms with E-state index < -0.39 is 16.0 Å². The molecule has 3 aromatic carbocycles. The van der Waals surface area contributed by atoms with Crippen LogP contribution in [0.15, 0.2) is 71.1 Å². The topological polar surface area (TPSA) is 110 Å². The fraction of sp³-hybridized carbons (Fsp3) is 0.333. The molecule has 0 radical (unpaired) electrons. The van der Waals surface area contributed by atoms with E-state index >= 15 is 0 Å². The van der Waals surface area contributed by atoms with Gasteiger partial charge in [0.1, 0.15) is 11.5 Å². The largest absolute Gasteiger partial charge is 0.493 e. The van der Waals surface area contributed by atoms with E-state index in [9.17, 15) is 18.3 Å². The number of oxazole rings is 1. The molecular weight excluding hydrogens is 552 g/mol. The molecule has 8 nitrogen and oxygen atoms in total. The predicted octanol–water partition coefficient (Wildman–Crippen LogP) is 6.40. The Morgan fingerprint density at radius 3 is 2.48 bits per heavy atom. The van der Waals surface area contributed by atoms with Gasteiger partial charge >= 0.3 is 5.97 Å². The monoisotopic (exact) mass is 588 g/mol. The van der Waals surface area contributed by atoms with Crippen molar-refractivity contribution in [3.8, 4) is 28.3 Å². The van der Waals surface area contributed by atoms with Crippen LogP contribution in [0.25, 0.3) is 22.6 Å². The van der Waals surface area contributed by atoms with Gasteiger partial charge in [-0.15, -0.1) is 0 Å². The number of nitrogens with zero attached hydrogens (tertiary/aromatic N) is 2. The summed E-state index contributed by atoms with van der Waals surface area (Å²) in [4.78, 5) is 16.0. The van der Waals surface area contributed by atoms with Gasteiger partial charge in [0.2, 0.25) is 15.9 Å². The molecule has 0 saturated heterocycles. The molecular formula is C33H36N2O6S. The first-order chi connectivity index (χ1) is 20.2. The van der Waals surface area contributed by atoms with Crippen LogP contribution in [0.4, 0.5) is 0 Å². The quantitative estimate of drug-likeness (QED) is 0.192. The number of hydrogen-bond acceptors (Lipinski definition) is 6. The van der Waals surface area contributed by atoms with Gasteiger partial charge in [-0.1, -0.05) is 61.9 Å². The highest BCUT2D eigenvalue weighted by Crippen LogP contribution is 2.36.